The van der Waals surface area contributed by atoms with Gasteiger partial charge >= 0.3 is 0 Å². The quantitative estimate of drug-likeness (QED) is 0.299. The predicted octanol–water partition coefficient (Wildman–Crippen LogP) is 5.47. The number of amides is 2. The molecule has 3 aromatic carbocycles. The molecular weight excluding hydrogens is 522 g/mol. The Bertz CT molecular complexity index is 1370. The van der Waals surface area contributed by atoms with E-state index in [1.165, 1.54) is 9.21 Å². The molecule has 0 radical (unpaired) electrons. The molecule has 2 atom stereocenters. The summed E-state index contributed by atoms with van der Waals surface area (Å²) < 4.78 is 29.3. The zero-order valence-electron chi connectivity index (χ0n) is 24.1. The number of para-hydroxylation sites is 1. The molecule has 0 heterocycles. The normalized spacial score (nSPS) is 12.8. The Hall–Kier alpha value is -3.65. The van der Waals surface area contributed by atoms with Gasteiger partial charge in [0.25, 0.3) is 10.0 Å². The molecule has 0 aromatic heterocycles. The van der Waals surface area contributed by atoms with Crippen LogP contribution in [0.3, 0.4) is 0 Å². The first kappa shape index (κ1) is 30.9. The number of hydrogen-bond acceptors (Lipinski definition) is 4. The largest absolute Gasteiger partial charge is 0.352 e. The topological polar surface area (TPSA) is 86.8 Å². The summed E-state index contributed by atoms with van der Waals surface area (Å²) in [6.07, 6.45) is 1.73. The van der Waals surface area contributed by atoms with Gasteiger partial charge in [0, 0.05) is 12.6 Å². The minimum atomic E-state index is -4.10. The van der Waals surface area contributed by atoms with Crippen molar-refractivity contribution in [3.8, 4) is 0 Å². The van der Waals surface area contributed by atoms with Gasteiger partial charge < -0.3 is 10.2 Å². The van der Waals surface area contributed by atoms with Gasteiger partial charge in [-0.2, -0.15) is 0 Å². The molecule has 0 aliphatic heterocycles. The van der Waals surface area contributed by atoms with E-state index in [1.807, 2.05) is 77.1 Å². The van der Waals surface area contributed by atoms with Gasteiger partial charge in [-0.3, -0.25) is 13.9 Å². The first-order valence-electron chi connectivity index (χ1n) is 13.9. The van der Waals surface area contributed by atoms with Crippen LogP contribution in [0.1, 0.15) is 57.2 Å². The van der Waals surface area contributed by atoms with Gasteiger partial charge in [0.1, 0.15) is 12.6 Å². The summed E-state index contributed by atoms with van der Waals surface area (Å²) in [5.74, 6) is -0.695. The van der Waals surface area contributed by atoms with Crippen LogP contribution in [0.2, 0.25) is 0 Å². The van der Waals surface area contributed by atoms with E-state index >= 15 is 0 Å². The van der Waals surface area contributed by atoms with Crippen molar-refractivity contribution in [2.24, 2.45) is 0 Å². The van der Waals surface area contributed by atoms with Crippen LogP contribution < -0.4 is 9.62 Å². The molecule has 3 aromatic rings. The molecule has 7 nitrogen and oxygen atoms in total. The lowest BCUT2D eigenvalue weighted by Crippen LogP contribution is -2.53. The lowest BCUT2D eigenvalue weighted by molar-refractivity contribution is -0.140. The highest BCUT2D eigenvalue weighted by Gasteiger charge is 2.34. The standard InChI is InChI=1S/C32H41N3O4S/c1-6-25(5)33-32(37)29(8-3)34(22-26-14-10-9-11-15-26)31(36)23-35(30-17-13-12-16-27(30)7-2)40(38,39)28-20-18-24(4)19-21-28/h9-21,25,29H,6-8,22-23H2,1-5H3,(H,33,37)/t25-,29+/m0/s1. The maximum Gasteiger partial charge on any atom is 0.264 e. The molecule has 0 spiro atoms. The summed E-state index contributed by atoms with van der Waals surface area (Å²) in [6.45, 7) is 9.35. The summed E-state index contributed by atoms with van der Waals surface area (Å²) >= 11 is 0. The maximum absolute atomic E-state index is 14.2. The molecule has 0 bridgehead atoms. The van der Waals surface area contributed by atoms with Gasteiger partial charge in [-0.05, 0) is 62.4 Å². The Morgan fingerprint density at radius 3 is 2.08 bits per heavy atom. The third kappa shape index (κ3) is 7.50. The van der Waals surface area contributed by atoms with Crippen molar-refractivity contribution >= 4 is 27.5 Å². The van der Waals surface area contributed by atoms with Crippen LogP contribution in [0.25, 0.3) is 0 Å². The van der Waals surface area contributed by atoms with E-state index in [-0.39, 0.29) is 23.4 Å². The summed E-state index contributed by atoms with van der Waals surface area (Å²) in [6, 6.07) is 22.5. The Morgan fingerprint density at radius 2 is 1.48 bits per heavy atom. The molecular formula is C32H41N3O4S. The second-order valence-corrected chi connectivity index (χ2v) is 11.9. The van der Waals surface area contributed by atoms with Gasteiger partial charge in [0.2, 0.25) is 11.8 Å². The second-order valence-electron chi connectivity index (χ2n) is 10.1. The van der Waals surface area contributed by atoms with Gasteiger partial charge in [-0.25, -0.2) is 8.42 Å². The van der Waals surface area contributed by atoms with Crippen molar-refractivity contribution in [3.63, 3.8) is 0 Å². The van der Waals surface area contributed by atoms with Crippen LogP contribution in [0.4, 0.5) is 5.69 Å². The summed E-state index contributed by atoms with van der Waals surface area (Å²) in [5, 5.41) is 3.00. The van der Waals surface area contributed by atoms with Crippen LogP contribution in [0.5, 0.6) is 0 Å². The third-order valence-corrected chi connectivity index (χ3v) is 8.89. The summed E-state index contributed by atoms with van der Waals surface area (Å²) in [4.78, 5) is 29.1. The molecule has 2 amide bonds. The SMILES string of the molecule is CCc1ccccc1N(CC(=O)N(Cc1ccccc1)[C@H](CC)C(=O)N[C@@H](C)CC)S(=O)(=O)c1ccc(C)cc1. The van der Waals surface area contributed by atoms with E-state index < -0.39 is 28.5 Å². The smallest absolute Gasteiger partial charge is 0.264 e. The first-order valence-corrected chi connectivity index (χ1v) is 15.4. The van der Waals surface area contributed by atoms with Gasteiger partial charge in [-0.15, -0.1) is 0 Å². The molecule has 0 unspecified atom stereocenters. The highest BCUT2D eigenvalue weighted by atomic mass is 32.2. The van der Waals surface area contributed by atoms with E-state index in [2.05, 4.69) is 5.32 Å². The molecule has 0 aliphatic carbocycles. The van der Waals surface area contributed by atoms with Crippen molar-refractivity contribution in [2.45, 2.75) is 77.4 Å². The van der Waals surface area contributed by atoms with E-state index in [9.17, 15) is 18.0 Å². The van der Waals surface area contributed by atoms with Crippen LogP contribution in [-0.4, -0.2) is 43.8 Å². The average molecular weight is 564 g/mol. The van der Waals surface area contributed by atoms with Crippen molar-refractivity contribution in [1.29, 1.82) is 0 Å². The first-order chi connectivity index (χ1) is 19.1. The zero-order valence-corrected chi connectivity index (χ0v) is 24.9. The van der Waals surface area contributed by atoms with Crippen molar-refractivity contribution < 1.29 is 18.0 Å². The van der Waals surface area contributed by atoms with Crippen molar-refractivity contribution in [1.82, 2.24) is 10.2 Å². The number of aryl methyl sites for hydroxylation is 2. The van der Waals surface area contributed by atoms with E-state index in [0.29, 0.717) is 18.5 Å². The number of benzene rings is 3. The maximum atomic E-state index is 14.2. The number of nitrogens with one attached hydrogen (secondary N) is 1. The summed E-state index contributed by atoms with van der Waals surface area (Å²) in [5.41, 5.74) is 3.05. The Balaban J connectivity index is 2.08. The number of nitrogens with zero attached hydrogens (tertiary/aromatic N) is 2. The molecule has 40 heavy (non-hydrogen) atoms. The lowest BCUT2D eigenvalue weighted by atomic mass is 10.1. The fourth-order valence-corrected chi connectivity index (χ4v) is 6.00. The van der Waals surface area contributed by atoms with Crippen LogP contribution in [0.15, 0.2) is 83.8 Å². The third-order valence-electron chi connectivity index (χ3n) is 7.11. The van der Waals surface area contributed by atoms with Crippen LogP contribution in [-0.2, 0) is 32.6 Å². The molecule has 0 saturated heterocycles. The highest BCUT2D eigenvalue weighted by Crippen LogP contribution is 2.28. The Morgan fingerprint density at radius 1 is 0.850 bits per heavy atom. The molecule has 1 N–H and O–H groups in total. The zero-order chi connectivity index (χ0) is 29.3. The summed E-state index contributed by atoms with van der Waals surface area (Å²) in [7, 11) is -4.10. The average Bonchev–Trinajstić information content (AvgIpc) is 2.96. The number of anilines is 1. The van der Waals surface area contributed by atoms with Crippen molar-refractivity contribution in [2.75, 3.05) is 10.8 Å². The minimum absolute atomic E-state index is 0.0509. The fraction of sp³-hybridized carbons (Fsp3) is 0.375. The number of carbonyl (C=O) groups is 2. The number of rotatable bonds is 13. The highest BCUT2D eigenvalue weighted by molar-refractivity contribution is 7.92. The van der Waals surface area contributed by atoms with E-state index in [1.54, 1.807) is 36.4 Å². The second kappa shape index (κ2) is 14.1. The molecule has 0 fully saturated rings. The molecule has 8 heteroatoms. The van der Waals surface area contributed by atoms with Crippen LogP contribution in [0, 0.1) is 6.92 Å². The number of carbonyl (C=O) groups excluding carboxylic acids is 2. The lowest BCUT2D eigenvalue weighted by Gasteiger charge is -2.34. The van der Waals surface area contributed by atoms with Gasteiger partial charge in [0.15, 0.2) is 0 Å². The molecule has 214 valence electrons. The molecule has 0 aliphatic rings. The number of hydrogen-bond donors (Lipinski definition) is 1. The monoisotopic (exact) mass is 563 g/mol. The Kier molecular flexibility index (Phi) is 10.9. The van der Waals surface area contributed by atoms with Crippen LogP contribution >= 0.6 is 0 Å². The van der Waals surface area contributed by atoms with Gasteiger partial charge in [0.05, 0.1) is 10.6 Å². The fourth-order valence-electron chi connectivity index (χ4n) is 4.54. The molecule has 3 rings (SSSR count). The van der Waals surface area contributed by atoms with E-state index in [0.717, 1.165) is 23.1 Å². The minimum Gasteiger partial charge on any atom is -0.352 e. The number of sulfonamides is 1. The molecule has 0 saturated carbocycles. The Labute approximate surface area is 239 Å². The van der Waals surface area contributed by atoms with Crippen molar-refractivity contribution in [3.05, 3.63) is 95.6 Å². The van der Waals surface area contributed by atoms with Gasteiger partial charge in [-0.1, -0.05) is 87.0 Å². The van der Waals surface area contributed by atoms with E-state index in [4.69, 9.17) is 0 Å². The predicted molar refractivity (Wildman–Crippen MR) is 160 cm³/mol.